The Kier molecular flexibility index (Phi) is 3.85. The Labute approximate surface area is 121 Å². The molecule has 0 saturated carbocycles. The van der Waals surface area contributed by atoms with E-state index in [1.54, 1.807) is 0 Å². The molecular weight excluding hydrogens is 302 g/mol. The highest BCUT2D eigenvalue weighted by atomic mass is 79.9. The zero-order valence-electron chi connectivity index (χ0n) is 10.6. The van der Waals surface area contributed by atoms with Crippen molar-refractivity contribution >= 4 is 15.9 Å². The second-order valence-electron chi connectivity index (χ2n) is 4.81. The summed E-state index contributed by atoms with van der Waals surface area (Å²) in [6.45, 7) is 1.77. The molecule has 1 aliphatic heterocycles. The summed E-state index contributed by atoms with van der Waals surface area (Å²) in [5, 5.41) is 3.46. The molecule has 0 spiro atoms. The maximum Gasteiger partial charge on any atom is 0.123 e. The zero-order valence-corrected chi connectivity index (χ0v) is 12.2. The van der Waals surface area contributed by atoms with Crippen LogP contribution < -0.4 is 10.1 Å². The number of fused-ring (bicyclic) bond motifs is 1. The van der Waals surface area contributed by atoms with Gasteiger partial charge in [0.05, 0.1) is 0 Å². The zero-order chi connectivity index (χ0) is 13.1. The standard InChI is InChI=1S/C16H16BrNO/c17-14-6-7-16-13(8-14)9-15(19-16)11-18-10-12-4-2-1-3-5-12/h1-8,15,18H,9-11H2. The highest BCUT2D eigenvalue weighted by molar-refractivity contribution is 9.10. The molecule has 0 saturated heterocycles. The van der Waals surface area contributed by atoms with Crippen LogP contribution in [0, 0.1) is 0 Å². The lowest BCUT2D eigenvalue weighted by Crippen LogP contribution is -2.29. The summed E-state index contributed by atoms with van der Waals surface area (Å²) in [7, 11) is 0. The van der Waals surface area contributed by atoms with E-state index in [2.05, 4.69) is 51.6 Å². The number of ether oxygens (including phenoxy) is 1. The number of benzene rings is 2. The first kappa shape index (κ1) is 12.7. The van der Waals surface area contributed by atoms with Gasteiger partial charge < -0.3 is 10.1 Å². The quantitative estimate of drug-likeness (QED) is 0.931. The Morgan fingerprint density at radius 1 is 1.16 bits per heavy atom. The van der Waals surface area contributed by atoms with Crippen LogP contribution in [0.3, 0.4) is 0 Å². The summed E-state index contributed by atoms with van der Waals surface area (Å²) in [6.07, 6.45) is 1.23. The van der Waals surface area contributed by atoms with E-state index < -0.39 is 0 Å². The SMILES string of the molecule is Brc1ccc2c(c1)CC(CNCc1ccccc1)O2. The van der Waals surface area contributed by atoms with Gasteiger partial charge in [-0.15, -0.1) is 0 Å². The lowest BCUT2D eigenvalue weighted by Gasteiger charge is -2.11. The third-order valence-electron chi connectivity index (χ3n) is 3.31. The molecule has 0 aromatic heterocycles. The number of nitrogens with one attached hydrogen (secondary N) is 1. The van der Waals surface area contributed by atoms with Crippen LogP contribution in [-0.4, -0.2) is 12.6 Å². The predicted molar refractivity (Wildman–Crippen MR) is 80.4 cm³/mol. The molecule has 1 heterocycles. The van der Waals surface area contributed by atoms with Gasteiger partial charge in [-0.25, -0.2) is 0 Å². The third-order valence-corrected chi connectivity index (χ3v) is 3.80. The summed E-state index contributed by atoms with van der Waals surface area (Å²) in [5.74, 6) is 1.02. The molecule has 98 valence electrons. The van der Waals surface area contributed by atoms with Crippen molar-refractivity contribution in [2.24, 2.45) is 0 Å². The van der Waals surface area contributed by atoms with Gasteiger partial charge in [0, 0.05) is 24.0 Å². The summed E-state index contributed by atoms with van der Waals surface area (Å²) < 4.78 is 7.03. The maximum absolute atomic E-state index is 5.92. The van der Waals surface area contributed by atoms with Crippen molar-refractivity contribution in [2.45, 2.75) is 19.1 Å². The van der Waals surface area contributed by atoms with Crippen LogP contribution in [0.15, 0.2) is 53.0 Å². The Bertz CT molecular complexity index is 556. The molecule has 1 unspecified atom stereocenters. The van der Waals surface area contributed by atoms with Crippen molar-refractivity contribution in [3.05, 3.63) is 64.1 Å². The van der Waals surface area contributed by atoms with Gasteiger partial charge in [0.2, 0.25) is 0 Å². The van der Waals surface area contributed by atoms with Gasteiger partial charge in [0.15, 0.2) is 0 Å². The van der Waals surface area contributed by atoms with Crippen molar-refractivity contribution < 1.29 is 4.74 Å². The van der Waals surface area contributed by atoms with E-state index in [0.29, 0.717) is 0 Å². The van der Waals surface area contributed by atoms with Crippen molar-refractivity contribution in [2.75, 3.05) is 6.54 Å². The number of halogens is 1. The minimum absolute atomic E-state index is 0.244. The van der Waals surface area contributed by atoms with E-state index in [1.165, 1.54) is 11.1 Å². The molecule has 1 atom stereocenters. The van der Waals surface area contributed by atoms with Crippen LogP contribution in [0.4, 0.5) is 0 Å². The summed E-state index contributed by atoms with van der Waals surface area (Å²) in [6, 6.07) is 16.6. The summed E-state index contributed by atoms with van der Waals surface area (Å²) in [4.78, 5) is 0. The molecule has 0 fully saturated rings. The fourth-order valence-electron chi connectivity index (χ4n) is 2.38. The Morgan fingerprint density at radius 2 is 2.00 bits per heavy atom. The fourth-order valence-corrected chi connectivity index (χ4v) is 2.78. The van der Waals surface area contributed by atoms with Crippen LogP contribution >= 0.6 is 15.9 Å². The van der Waals surface area contributed by atoms with Crippen molar-refractivity contribution in [3.8, 4) is 5.75 Å². The van der Waals surface area contributed by atoms with Gasteiger partial charge in [-0.3, -0.25) is 0 Å². The maximum atomic E-state index is 5.92. The van der Waals surface area contributed by atoms with Crippen LogP contribution in [0.5, 0.6) is 5.75 Å². The lowest BCUT2D eigenvalue weighted by molar-refractivity contribution is 0.227. The monoisotopic (exact) mass is 317 g/mol. The molecule has 2 nitrogen and oxygen atoms in total. The molecule has 0 radical (unpaired) electrons. The van der Waals surface area contributed by atoms with E-state index in [9.17, 15) is 0 Å². The van der Waals surface area contributed by atoms with E-state index in [4.69, 9.17) is 4.74 Å². The number of hydrogen-bond acceptors (Lipinski definition) is 2. The Balaban J connectivity index is 1.51. The van der Waals surface area contributed by atoms with Crippen molar-refractivity contribution in [1.29, 1.82) is 0 Å². The van der Waals surface area contributed by atoms with Crippen LogP contribution in [-0.2, 0) is 13.0 Å². The molecule has 3 heteroatoms. The molecule has 2 aromatic carbocycles. The summed E-state index contributed by atoms with van der Waals surface area (Å²) >= 11 is 3.50. The van der Waals surface area contributed by atoms with E-state index in [-0.39, 0.29) is 6.10 Å². The molecule has 0 amide bonds. The molecule has 3 rings (SSSR count). The molecular formula is C16H16BrNO. The predicted octanol–water partition coefficient (Wildman–Crippen LogP) is 3.54. The van der Waals surface area contributed by atoms with Gasteiger partial charge in [-0.2, -0.15) is 0 Å². The van der Waals surface area contributed by atoms with Crippen LogP contribution in [0.25, 0.3) is 0 Å². The first-order valence-electron chi connectivity index (χ1n) is 6.51. The van der Waals surface area contributed by atoms with Crippen LogP contribution in [0.2, 0.25) is 0 Å². The first-order chi connectivity index (χ1) is 9.31. The highest BCUT2D eigenvalue weighted by Gasteiger charge is 2.22. The molecule has 2 aromatic rings. The number of hydrogen-bond donors (Lipinski definition) is 1. The minimum atomic E-state index is 0.244. The normalized spacial score (nSPS) is 17.0. The lowest BCUT2D eigenvalue weighted by atomic mass is 10.1. The van der Waals surface area contributed by atoms with Gasteiger partial charge in [-0.05, 0) is 29.3 Å². The second-order valence-corrected chi connectivity index (χ2v) is 5.73. The Morgan fingerprint density at radius 3 is 2.84 bits per heavy atom. The van der Waals surface area contributed by atoms with Crippen LogP contribution in [0.1, 0.15) is 11.1 Å². The van der Waals surface area contributed by atoms with Gasteiger partial charge in [-0.1, -0.05) is 46.3 Å². The van der Waals surface area contributed by atoms with E-state index >= 15 is 0 Å². The average molecular weight is 318 g/mol. The molecule has 1 aliphatic rings. The smallest absolute Gasteiger partial charge is 0.123 e. The van der Waals surface area contributed by atoms with E-state index in [1.807, 2.05) is 18.2 Å². The molecule has 0 bridgehead atoms. The van der Waals surface area contributed by atoms with Gasteiger partial charge >= 0.3 is 0 Å². The van der Waals surface area contributed by atoms with Crippen molar-refractivity contribution in [3.63, 3.8) is 0 Å². The van der Waals surface area contributed by atoms with E-state index in [0.717, 1.165) is 29.7 Å². The van der Waals surface area contributed by atoms with Crippen molar-refractivity contribution in [1.82, 2.24) is 5.32 Å². The topological polar surface area (TPSA) is 21.3 Å². The first-order valence-corrected chi connectivity index (χ1v) is 7.30. The molecule has 1 N–H and O–H groups in total. The Hall–Kier alpha value is -1.32. The number of rotatable bonds is 4. The average Bonchev–Trinajstić information content (AvgIpc) is 2.82. The highest BCUT2D eigenvalue weighted by Crippen LogP contribution is 2.30. The minimum Gasteiger partial charge on any atom is -0.488 e. The van der Waals surface area contributed by atoms with Gasteiger partial charge in [0.25, 0.3) is 0 Å². The second kappa shape index (κ2) is 5.76. The van der Waals surface area contributed by atoms with Gasteiger partial charge in [0.1, 0.15) is 11.9 Å². The summed E-state index contributed by atoms with van der Waals surface area (Å²) in [5.41, 5.74) is 2.60. The molecule has 0 aliphatic carbocycles. The molecule has 19 heavy (non-hydrogen) atoms. The third kappa shape index (κ3) is 3.17. The largest absolute Gasteiger partial charge is 0.488 e. The fraction of sp³-hybridized carbons (Fsp3) is 0.250.